The number of carbonyl (C=O) groups is 1. The van der Waals surface area contributed by atoms with E-state index in [1.54, 1.807) is 6.07 Å². The molecule has 0 amide bonds. The monoisotopic (exact) mass is 250 g/mol. The van der Waals surface area contributed by atoms with Crippen molar-refractivity contribution in [2.45, 2.75) is 44.8 Å². The zero-order valence-electron chi connectivity index (χ0n) is 10.4. The van der Waals surface area contributed by atoms with Crippen molar-refractivity contribution in [3.63, 3.8) is 0 Å². The highest BCUT2D eigenvalue weighted by Crippen LogP contribution is 2.33. The van der Waals surface area contributed by atoms with E-state index in [0.717, 1.165) is 30.4 Å². The highest BCUT2D eigenvalue weighted by Gasteiger charge is 2.22. The highest BCUT2D eigenvalue weighted by atomic mass is 16.5. The maximum absolute atomic E-state index is 11.0. The van der Waals surface area contributed by atoms with E-state index in [2.05, 4.69) is 0 Å². The number of benzene rings is 1. The molecule has 18 heavy (non-hydrogen) atoms. The van der Waals surface area contributed by atoms with Crippen LogP contribution in [0.1, 0.15) is 43.4 Å². The lowest BCUT2D eigenvalue weighted by molar-refractivity contribution is -0.145. The molecular weight excluding hydrogens is 232 g/mol. The molecule has 1 aliphatic carbocycles. The van der Waals surface area contributed by atoms with Crippen LogP contribution < -0.4 is 4.74 Å². The van der Waals surface area contributed by atoms with Gasteiger partial charge in [0.15, 0.2) is 6.10 Å². The van der Waals surface area contributed by atoms with Gasteiger partial charge in [-0.15, -0.1) is 0 Å². The van der Waals surface area contributed by atoms with Gasteiger partial charge in [0.25, 0.3) is 0 Å². The topological polar surface area (TPSA) is 66.8 Å². The Morgan fingerprint density at radius 1 is 1.56 bits per heavy atom. The first-order chi connectivity index (χ1) is 8.61. The van der Waals surface area contributed by atoms with Crippen LogP contribution in [0.4, 0.5) is 0 Å². The Balaban J connectivity index is 2.12. The highest BCUT2D eigenvalue weighted by molar-refractivity contribution is 5.72. The summed E-state index contributed by atoms with van der Waals surface area (Å²) in [7, 11) is 0. The number of ether oxygens (including phenoxy) is 1. The number of hydrogen-bond donors (Lipinski definition) is 2. The summed E-state index contributed by atoms with van der Waals surface area (Å²) >= 11 is 0. The summed E-state index contributed by atoms with van der Waals surface area (Å²) in [4.78, 5) is 11.0. The number of hydrogen-bond acceptors (Lipinski definition) is 3. The lowest BCUT2D eigenvalue weighted by atomic mass is 10.1. The summed E-state index contributed by atoms with van der Waals surface area (Å²) in [6.07, 6.45) is 1.63. The maximum atomic E-state index is 11.0. The van der Waals surface area contributed by atoms with Crippen molar-refractivity contribution in [1.82, 2.24) is 0 Å². The Hall–Kier alpha value is -1.55. The summed E-state index contributed by atoms with van der Waals surface area (Å²) in [5.74, 6) is -0.360. The standard InChI is InChI=1S/C14H18O4/c1-2-3-13(14(16)17)18-10-5-6-11-9(8-10)4-7-12(11)15/h5-6,8,12-13,15H,2-4,7H2,1H3,(H,16,17)/t12-,13?/m0/s1. The summed E-state index contributed by atoms with van der Waals surface area (Å²) in [6, 6.07) is 5.41. The molecule has 4 heteroatoms. The predicted octanol–water partition coefficient (Wildman–Crippen LogP) is 2.30. The number of aliphatic hydroxyl groups excluding tert-OH is 1. The number of aliphatic carboxylic acids is 1. The van der Waals surface area contributed by atoms with Crippen molar-refractivity contribution in [2.75, 3.05) is 0 Å². The van der Waals surface area contributed by atoms with Crippen LogP contribution in [0, 0.1) is 0 Å². The molecule has 4 nitrogen and oxygen atoms in total. The molecule has 2 N–H and O–H groups in total. The lowest BCUT2D eigenvalue weighted by Gasteiger charge is -2.15. The number of rotatable bonds is 5. The SMILES string of the molecule is CCCC(Oc1ccc2c(c1)CC[C@@H]2O)C(=O)O. The molecule has 1 aromatic carbocycles. The first-order valence-electron chi connectivity index (χ1n) is 6.32. The van der Waals surface area contributed by atoms with Crippen LogP contribution >= 0.6 is 0 Å². The van der Waals surface area contributed by atoms with Crippen molar-refractivity contribution in [2.24, 2.45) is 0 Å². The van der Waals surface area contributed by atoms with Gasteiger partial charge in [0, 0.05) is 0 Å². The van der Waals surface area contributed by atoms with Gasteiger partial charge >= 0.3 is 5.97 Å². The fourth-order valence-electron chi connectivity index (χ4n) is 2.30. The van der Waals surface area contributed by atoms with Gasteiger partial charge in [-0.1, -0.05) is 19.4 Å². The first kappa shape index (κ1) is 12.9. The van der Waals surface area contributed by atoms with Gasteiger partial charge in [-0.25, -0.2) is 4.79 Å². The molecule has 0 aromatic heterocycles. The molecule has 0 heterocycles. The van der Waals surface area contributed by atoms with Gasteiger partial charge in [-0.05, 0) is 42.5 Å². The van der Waals surface area contributed by atoms with Crippen molar-refractivity contribution < 1.29 is 19.7 Å². The van der Waals surface area contributed by atoms with Crippen LogP contribution in [0.25, 0.3) is 0 Å². The molecule has 1 aromatic rings. The molecule has 0 fully saturated rings. The molecule has 0 saturated carbocycles. The average molecular weight is 250 g/mol. The Bertz CT molecular complexity index is 441. The fraction of sp³-hybridized carbons (Fsp3) is 0.500. The Kier molecular flexibility index (Phi) is 3.87. The van der Waals surface area contributed by atoms with Crippen LogP contribution in [0.2, 0.25) is 0 Å². The molecule has 98 valence electrons. The molecular formula is C14H18O4. The van der Waals surface area contributed by atoms with E-state index < -0.39 is 12.1 Å². The molecule has 0 spiro atoms. The van der Waals surface area contributed by atoms with E-state index in [4.69, 9.17) is 9.84 Å². The summed E-state index contributed by atoms with van der Waals surface area (Å²) < 4.78 is 5.50. The zero-order valence-corrected chi connectivity index (χ0v) is 10.4. The molecule has 2 atom stereocenters. The van der Waals surface area contributed by atoms with Gasteiger partial charge in [0.1, 0.15) is 5.75 Å². The van der Waals surface area contributed by atoms with Crippen LogP contribution in [0.3, 0.4) is 0 Å². The fourth-order valence-corrected chi connectivity index (χ4v) is 2.30. The van der Waals surface area contributed by atoms with Gasteiger partial charge < -0.3 is 14.9 Å². The Morgan fingerprint density at radius 2 is 2.33 bits per heavy atom. The Morgan fingerprint density at radius 3 is 3.00 bits per heavy atom. The van der Waals surface area contributed by atoms with Gasteiger partial charge in [0.2, 0.25) is 0 Å². The van der Waals surface area contributed by atoms with E-state index >= 15 is 0 Å². The molecule has 1 aliphatic rings. The minimum Gasteiger partial charge on any atom is -0.479 e. The second kappa shape index (κ2) is 5.40. The number of carboxylic acid groups (broad SMARTS) is 1. The predicted molar refractivity (Wildman–Crippen MR) is 66.7 cm³/mol. The van der Waals surface area contributed by atoms with Crippen molar-refractivity contribution in [1.29, 1.82) is 0 Å². The second-order valence-corrected chi connectivity index (χ2v) is 4.65. The molecule has 2 rings (SSSR count). The summed E-state index contributed by atoms with van der Waals surface area (Å²) in [5.41, 5.74) is 1.99. The molecule has 0 radical (unpaired) electrons. The summed E-state index contributed by atoms with van der Waals surface area (Å²) in [5, 5.41) is 18.7. The third-order valence-corrected chi connectivity index (χ3v) is 3.27. The van der Waals surface area contributed by atoms with Crippen molar-refractivity contribution in [3.05, 3.63) is 29.3 Å². The largest absolute Gasteiger partial charge is 0.479 e. The zero-order chi connectivity index (χ0) is 13.1. The molecule has 0 saturated heterocycles. The number of fused-ring (bicyclic) bond motifs is 1. The maximum Gasteiger partial charge on any atom is 0.344 e. The van der Waals surface area contributed by atoms with E-state index in [1.165, 1.54) is 0 Å². The number of aryl methyl sites for hydroxylation is 1. The van der Waals surface area contributed by atoms with E-state index in [9.17, 15) is 9.90 Å². The van der Waals surface area contributed by atoms with E-state index in [0.29, 0.717) is 12.2 Å². The minimum atomic E-state index is -0.933. The van der Waals surface area contributed by atoms with Crippen LogP contribution in [-0.4, -0.2) is 22.3 Å². The molecule has 1 unspecified atom stereocenters. The van der Waals surface area contributed by atoms with Crippen LogP contribution in [0.5, 0.6) is 5.75 Å². The van der Waals surface area contributed by atoms with Crippen LogP contribution in [-0.2, 0) is 11.2 Å². The quantitative estimate of drug-likeness (QED) is 0.841. The smallest absolute Gasteiger partial charge is 0.344 e. The Labute approximate surface area is 106 Å². The van der Waals surface area contributed by atoms with Gasteiger partial charge in [0.05, 0.1) is 6.10 Å². The normalized spacial score (nSPS) is 19.3. The number of carboxylic acids is 1. The number of aliphatic hydroxyl groups is 1. The lowest BCUT2D eigenvalue weighted by Crippen LogP contribution is -2.26. The van der Waals surface area contributed by atoms with E-state index in [1.807, 2.05) is 19.1 Å². The van der Waals surface area contributed by atoms with Gasteiger partial charge in [-0.3, -0.25) is 0 Å². The third kappa shape index (κ3) is 2.64. The van der Waals surface area contributed by atoms with Crippen molar-refractivity contribution >= 4 is 5.97 Å². The average Bonchev–Trinajstić information content (AvgIpc) is 2.70. The first-order valence-corrected chi connectivity index (χ1v) is 6.32. The third-order valence-electron chi connectivity index (χ3n) is 3.27. The molecule has 0 aliphatic heterocycles. The molecule has 0 bridgehead atoms. The van der Waals surface area contributed by atoms with Crippen molar-refractivity contribution in [3.8, 4) is 5.75 Å². The second-order valence-electron chi connectivity index (χ2n) is 4.65. The van der Waals surface area contributed by atoms with Crippen LogP contribution in [0.15, 0.2) is 18.2 Å². The van der Waals surface area contributed by atoms with E-state index in [-0.39, 0.29) is 6.10 Å². The van der Waals surface area contributed by atoms with Gasteiger partial charge in [-0.2, -0.15) is 0 Å². The summed E-state index contributed by atoms with van der Waals surface area (Å²) in [6.45, 7) is 1.93. The minimum absolute atomic E-state index is 0.389.